The van der Waals surface area contributed by atoms with Crippen molar-refractivity contribution in [3.8, 4) is 0 Å². The highest BCUT2D eigenvalue weighted by Gasteiger charge is 2.54. The van der Waals surface area contributed by atoms with Crippen LogP contribution in [0.25, 0.3) is 0 Å². The van der Waals surface area contributed by atoms with Gasteiger partial charge in [0.05, 0.1) is 12.2 Å². The number of hydrogen-bond acceptors (Lipinski definition) is 1. The topological polar surface area (TPSA) is 9.23 Å². The van der Waals surface area contributed by atoms with Crippen LogP contribution in [0, 0.1) is 11.3 Å². The van der Waals surface area contributed by atoms with Crippen LogP contribution in [0.1, 0.15) is 65.7 Å². The van der Waals surface area contributed by atoms with E-state index in [1.54, 1.807) is 0 Å². The molecule has 17 heavy (non-hydrogen) atoms. The molecule has 0 aromatic heterocycles. The summed E-state index contributed by atoms with van der Waals surface area (Å²) in [5, 5.41) is 0. The lowest BCUT2D eigenvalue weighted by Gasteiger charge is -2.56. The zero-order valence-electron chi connectivity index (χ0n) is 11.5. The first-order valence-electron chi connectivity index (χ1n) is 7.34. The smallest absolute Gasteiger partial charge is 0.0656 e. The zero-order chi connectivity index (χ0) is 12.5. The molecule has 2 aliphatic rings. The van der Waals surface area contributed by atoms with Gasteiger partial charge in [-0.2, -0.15) is 0 Å². The second-order valence-electron chi connectivity index (χ2n) is 6.56. The summed E-state index contributed by atoms with van der Waals surface area (Å²) in [5.74, 6) is 0.743. The normalized spacial score (nSPS) is 33.7. The van der Waals surface area contributed by atoms with E-state index in [1.807, 2.05) is 0 Å². The summed E-state index contributed by atoms with van der Waals surface area (Å²) < 4.78 is 6.33. The monoisotopic (exact) mass is 302 g/mol. The highest BCUT2D eigenvalue weighted by Crippen LogP contribution is 2.56. The minimum Gasteiger partial charge on any atom is -0.375 e. The van der Waals surface area contributed by atoms with Gasteiger partial charge in [0.25, 0.3) is 0 Å². The first kappa shape index (κ1) is 13.9. The van der Waals surface area contributed by atoms with Crippen molar-refractivity contribution in [2.24, 2.45) is 11.3 Å². The Morgan fingerprint density at radius 3 is 2.35 bits per heavy atom. The molecule has 2 aliphatic carbocycles. The summed E-state index contributed by atoms with van der Waals surface area (Å²) >= 11 is 3.88. The first-order chi connectivity index (χ1) is 8.04. The van der Waals surface area contributed by atoms with Crippen LogP contribution in [0.4, 0.5) is 0 Å². The molecule has 0 aromatic carbocycles. The molecule has 0 N–H and O–H groups in total. The molecule has 0 bridgehead atoms. The SMILES string of the molecule is CC(C)CC(C)OC1CC(Br)C12CCCCC2. The van der Waals surface area contributed by atoms with Crippen molar-refractivity contribution >= 4 is 15.9 Å². The van der Waals surface area contributed by atoms with Gasteiger partial charge in [-0.05, 0) is 38.5 Å². The van der Waals surface area contributed by atoms with E-state index in [9.17, 15) is 0 Å². The van der Waals surface area contributed by atoms with Crippen molar-refractivity contribution in [1.82, 2.24) is 0 Å². The summed E-state index contributed by atoms with van der Waals surface area (Å²) in [6.07, 6.45) is 10.4. The minimum atomic E-state index is 0.429. The second-order valence-corrected chi connectivity index (χ2v) is 7.67. The molecule has 2 heteroatoms. The average molecular weight is 303 g/mol. The van der Waals surface area contributed by atoms with E-state index in [-0.39, 0.29) is 0 Å². The molecule has 2 fully saturated rings. The van der Waals surface area contributed by atoms with Crippen LogP contribution in [0.15, 0.2) is 0 Å². The van der Waals surface area contributed by atoms with Crippen LogP contribution < -0.4 is 0 Å². The Kier molecular flexibility index (Phi) is 4.57. The molecular weight excluding hydrogens is 276 g/mol. The predicted molar refractivity (Wildman–Crippen MR) is 76.6 cm³/mol. The maximum Gasteiger partial charge on any atom is 0.0656 e. The fourth-order valence-corrected chi connectivity index (χ4v) is 4.83. The van der Waals surface area contributed by atoms with Crippen molar-refractivity contribution in [2.45, 2.75) is 82.8 Å². The molecule has 0 saturated heterocycles. The number of rotatable bonds is 4. The molecule has 2 saturated carbocycles. The maximum atomic E-state index is 6.33. The van der Waals surface area contributed by atoms with Crippen LogP contribution in [0.2, 0.25) is 0 Å². The lowest BCUT2D eigenvalue weighted by atomic mass is 9.58. The van der Waals surface area contributed by atoms with E-state index < -0.39 is 0 Å². The van der Waals surface area contributed by atoms with Gasteiger partial charge in [-0.1, -0.05) is 49.0 Å². The van der Waals surface area contributed by atoms with Gasteiger partial charge in [0.2, 0.25) is 0 Å². The quantitative estimate of drug-likeness (QED) is 0.670. The molecule has 1 nitrogen and oxygen atoms in total. The lowest BCUT2D eigenvalue weighted by molar-refractivity contribution is -0.148. The standard InChI is InChI=1S/C15H27BrO/c1-11(2)9-12(3)17-14-10-13(16)15(14)7-5-4-6-8-15/h11-14H,4-10H2,1-3H3. The number of ether oxygens (including phenoxy) is 1. The largest absolute Gasteiger partial charge is 0.375 e. The van der Waals surface area contributed by atoms with E-state index in [0.29, 0.717) is 22.5 Å². The molecular formula is C15H27BrO. The number of halogens is 1. The average Bonchev–Trinajstić information content (AvgIpc) is 2.29. The molecule has 3 unspecified atom stereocenters. The van der Waals surface area contributed by atoms with Crippen LogP contribution in [0.5, 0.6) is 0 Å². The van der Waals surface area contributed by atoms with E-state index in [2.05, 4.69) is 36.7 Å². The predicted octanol–water partition coefficient (Wildman–Crippen LogP) is 4.92. The summed E-state index contributed by atoms with van der Waals surface area (Å²) in [4.78, 5) is 0.714. The Balaban J connectivity index is 1.88. The van der Waals surface area contributed by atoms with Gasteiger partial charge in [-0.15, -0.1) is 0 Å². The molecule has 0 amide bonds. The fourth-order valence-electron chi connectivity index (χ4n) is 3.73. The van der Waals surface area contributed by atoms with E-state index in [0.717, 1.165) is 5.92 Å². The Bertz CT molecular complexity index is 245. The minimum absolute atomic E-state index is 0.429. The Labute approximate surface area is 115 Å². The van der Waals surface area contributed by atoms with Crippen LogP contribution in [0.3, 0.4) is 0 Å². The van der Waals surface area contributed by atoms with Gasteiger partial charge in [0.1, 0.15) is 0 Å². The number of hydrogen-bond donors (Lipinski definition) is 0. The summed E-state index contributed by atoms with van der Waals surface area (Å²) in [5.41, 5.74) is 0.490. The molecule has 0 aliphatic heterocycles. The third-order valence-corrected chi connectivity index (χ3v) is 5.96. The Morgan fingerprint density at radius 2 is 1.82 bits per heavy atom. The molecule has 0 aromatic rings. The second kappa shape index (κ2) is 5.61. The lowest BCUT2D eigenvalue weighted by Crippen LogP contribution is -2.57. The van der Waals surface area contributed by atoms with Gasteiger partial charge in [-0.3, -0.25) is 0 Å². The summed E-state index contributed by atoms with van der Waals surface area (Å²) in [6, 6.07) is 0. The zero-order valence-corrected chi connectivity index (χ0v) is 13.1. The highest BCUT2D eigenvalue weighted by atomic mass is 79.9. The van der Waals surface area contributed by atoms with E-state index in [1.165, 1.54) is 44.9 Å². The Hall–Kier alpha value is 0.440. The molecule has 0 heterocycles. The number of alkyl halides is 1. The van der Waals surface area contributed by atoms with Crippen molar-refractivity contribution < 1.29 is 4.74 Å². The van der Waals surface area contributed by atoms with Gasteiger partial charge < -0.3 is 4.74 Å². The summed E-state index contributed by atoms with van der Waals surface area (Å²) in [7, 11) is 0. The maximum absolute atomic E-state index is 6.33. The van der Waals surface area contributed by atoms with Crippen molar-refractivity contribution in [2.75, 3.05) is 0 Å². The van der Waals surface area contributed by atoms with Crippen LogP contribution in [-0.2, 0) is 4.74 Å². The van der Waals surface area contributed by atoms with Gasteiger partial charge >= 0.3 is 0 Å². The van der Waals surface area contributed by atoms with Crippen molar-refractivity contribution in [3.05, 3.63) is 0 Å². The molecule has 2 rings (SSSR count). The third kappa shape index (κ3) is 2.89. The van der Waals surface area contributed by atoms with Gasteiger partial charge in [0, 0.05) is 10.2 Å². The van der Waals surface area contributed by atoms with E-state index in [4.69, 9.17) is 4.74 Å². The highest BCUT2D eigenvalue weighted by molar-refractivity contribution is 9.09. The van der Waals surface area contributed by atoms with Gasteiger partial charge in [-0.25, -0.2) is 0 Å². The molecule has 1 spiro atoms. The van der Waals surface area contributed by atoms with Crippen LogP contribution >= 0.6 is 15.9 Å². The summed E-state index contributed by atoms with van der Waals surface area (Å²) in [6.45, 7) is 6.81. The van der Waals surface area contributed by atoms with Crippen molar-refractivity contribution in [1.29, 1.82) is 0 Å². The molecule has 0 radical (unpaired) electrons. The third-order valence-electron chi connectivity index (χ3n) is 4.67. The van der Waals surface area contributed by atoms with Crippen LogP contribution in [-0.4, -0.2) is 17.0 Å². The molecule has 3 atom stereocenters. The fraction of sp³-hybridized carbons (Fsp3) is 1.00. The molecule has 100 valence electrons. The Morgan fingerprint density at radius 1 is 1.18 bits per heavy atom. The van der Waals surface area contributed by atoms with Gasteiger partial charge in [0.15, 0.2) is 0 Å². The first-order valence-corrected chi connectivity index (χ1v) is 8.25. The van der Waals surface area contributed by atoms with E-state index >= 15 is 0 Å². The van der Waals surface area contributed by atoms with Crippen molar-refractivity contribution in [3.63, 3.8) is 0 Å².